The monoisotopic (exact) mass is 349 g/mol. The summed E-state index contributed by atoms with van der Waals surface area (Å²) in [6.07, 6.45) is 1.56. The maximum atomic E-state index is 10.0. The van der Waals surface area contributed by atoms with E-state index >= 15 is 0 Å². The third-order valence-corrected chi connectivity index (χ3v) is 5.25. The average molecular weight is 349 g/mol. The van der Waals surface area contributed by atoms with Gasteiger partial charge in [0.1, 0.15) is 0 Å². The number of nitrogens with zero attached hydrogens (tertiary/aromatic N) is 2. The number of piperidine rings is 1. The summed E-state index contributed by atoms with van der Waals surface area (Å²) in [5.41, 5.74) is 1.19. The summed E-state index contributed by atoms with van der Waals surface area (Å²) < 4.78 is 5.59. The Hall–Kier alpha value is -1.34. The van der Waals surface area contributed by atoms with E-state index in [9.17, 15) is 10.2 Å². The van der Waals surface area contributed by atoms with Gasteiger partial charge in [-0.25, -0.2) is 0 Å². The smallest absolute Gasteiger partial charge is 0.161 e. The Morgan fingerprint density at radius 2 is 1.92 bits per heavy atom. The van der Waals surface area contributed by atoms with Gasteiger partial charge < -0.3 is 25.2 Å². The van der Waals surface area contributed by atoms with Crippen molar-refractivity contribution >= 4 is 0 Å². The summed E-state index contributed by atoms with van der Waals surface area (Å²) in [6.45, 7) is 9.36. The number of hydrogen-bond acceptors (Lipinski definition) is 6. The number of phenols is 1. The molecule has 2 aliphatic heterocycles. The van der Waals surface area contributed by atoms with Crippen LogP contribution in [0.2, 0.25) is 0 Å². The van der Waals surface area contributed by atoms with Crippen LogP contribution in [0.15, 0.2) is 18.2 Å². The molecule has 1 aromatic rings. The number of piperazine rings is 1. The maximum Gasteiger partial charge on any atom is 0.161 e. The lowest BCUT2D eigenvalue weighted by molar-refractivity contribution is 0.0588. The zero-order valence-electron chi connectivity index (χ0n) is 15.2. The summed E-state index contributed by atoms with van der Waals surface area (Å²) in [5, 5.41) is 23.2. The zero-order valence-corrected chi connectivity index (χ0v) is 15.2. The standard InChI is InChI=1S/C19H31N3O3/c1-2-25-19-13-15(3-4-18(19)24)17(22-11-7-20-8-12-22)14-21-9-5-16(23)6-10-21/h3-4,13,16-17,20,23-24H,2,5-12,14H2,1H3. The lowest BCUT2D eigenvalue weighted by Crippen LogP contribution is -2.49. The van der Waals surface area contributed by atoms with Gasteiger partial charge in [0, 0.05) is 51.9 Å². The van der Waals surface area contributed by atoms with Crippen LogP contribution in [-0.4, -0.2) is 78.5 Å². The molecule has 0 aliphatic carbocycles. The molecule has 0 bridgehead atoms. The molecule has 6 nitrogen and oxygen atoms in total. The van der Waals surface area contributed by atoms with Gasteiger partial charge >= 0.3 is 0 Å². The molecular formula is C19H31N3O3. The first-order valence-corrected chi connectivity index (χ1v) is 9.48. The molecule has 0 amide bonds. The summed E-state index contributed by atoms with van der Waals surface area (Å²) in [7, 11) is 0. The molecule has 1 aromatic carbocycles. The second-order valence-electron chi connectivity index (χ2n) is 6.99. The third-order valence-electron chi connectivity index (χ3n) is 5.25. The largest absolute Gasteiger partial charge is 0.504 e. The zero-order chi connectivity index (χ0) is 17.6. The van der Waals surface area contributed by atoms with Crippen molar-refractivity contribution in [2.75, 3.05) is 52.4 Å². The first-order chi connectivity index (χ1) is 12.2. The Kier molecular flexibility index (Phi) is 6.53. The van der Waals surface area contributed by atoms with Gasteiger partial charge in [0.2, 0.25) is 0 Å². The Balaban J connectivity index is 1.79. The van der Waals surface area contributed by atoms with E-state index in [-0.39, 0.29) is 17.9 Å². The van der Waals surface area contributed by atoms with Crippen molar-refractivity contribution in [1.29, 1.82) is 0 Å². The molecule has 1 atom stereocenters. The minimum atomic E-state index is -0.146. The van der Waals surface area contributed by atoms with Crippen LogP contribution in [0.1, 0.15) is 31.4 Å². The SMILES string of the molecule is CCOc1cc(C(CN2CCC(O)CC2)N2CCNCC2)ccc1O. The predicted octanol–water partition coefficient (Wildman–Crippen LogP) is 1.19. The summed E-state index contributed by atoms with van der Waals surface area (Å²) >= 11 is 0. The van der Waals surface area contributed by atoms with E-state index in [2.05, 4.69) is 15.1 Å². The number of likely N-dealkylation sites (tertiary alicyclic amines) is 1. The van der Waals surface area contributed by atoms with Gasteiger partial charge in [0.25, 0.3) is 0 Å². The van der Waals surface area contributed by atoms with E-state index in [1.54, 1.807) is 6.07 Å². The third kappa shape index (κ3) is 4.85. The van der Waals surface area contributed by atoms with Crippen molar-refractivity contribution in [2.45, 2.75) is 31.9 Å². The number of hydrogen-bond donors (Lipinski definition) is 3. The highest BCUT2D eigenvalue weighted by Crippen LogP contribution is 2.32. The highest BCUT2D eigenvalue weighted by Gasteiger charge is 2.27. The molecule has 1 unspecified atom stereocenters. The molecule has 2 aliphatic rings. The lowest BCUT2D eigenvalue weighted by Gasteiger charge is -2.39. The molecule has 0 saturated carbocycles. The number of nitrogens with one attached hydrogen (secondary N) is 1. The van der Waals surface area contributed by atoms with Gasteiger partial charge in [-0.05, 0) is 37.5 Å². The molecule has 140 valence electrons. The highest BCUT2D eigenvalue weighted by atomic mass is 16.5. The van der Waals surface area contributed by atoms with Crippen LogP contribution >= 0.6 is 0 Å². The van der Waals surface area contributed by atoms with Crippen LogP contribution in [-0.2, 0) is 0 Å². The van der Waals surface area contributed by atoms with E-state index < -0.39 is 0 Å². The van der Waals surface area contributed by atoms with Crippen molar-refractivity contribution in [3.05, 3.63) is 23.8 Å². The van der Waals surface area contributed by atoms with Crippen molar-refractivity contribution in [3.63, 3.8) is 0 Å². The lowest BCUT2D eigenvalue weighted by atomic mass is 10.0. The quantitative estimate of drug-likeness (QED) is 0.717. The van der Waals surface area contributed by atoms with E-state index in [1.807, 2.05) is 19.1 Å². The fourth-order valence-corrected chi connectivity index (χ4v) is 3.78. The second kappa shape index (κ2) is 8.85. The highest BCUT2D eigenvalue weighted by molar-refractivity contribution is 5.43. The van der Waals surface area contributed by atoms with Crippen molar-refractivity contribution in [3.8, 4) is 11.5 Å². The van der Waals surface area contributed by atoms with Gasteiger partial charge in [-0.1, -0.05) is 6.07 Å². The molecule has 6 heteroatoms. The van der Waals surface area contributed by atoms with Crippen LogP contribution in [0.3, 0.4) is 0 Å². The minimum Gasteiger partial charge on any atom is -0.504 e. The van der Waals surface area contributed by atoms with Gasteiger partial charge in [-0.2, -0.15) is 0 Å². The summed E-state index contributed by atoms with van der Waals surface area (Å²) in [4.78, 5) is 4.97. The Morgan fingerprint density at radius 1 is 1.20 bits per heavy atom. The van der Waals surface area contributed by atoms with Gasteiger partial charge in [-0.3, -0.25) is 4.90 Å². The van der Waals surface area contributed by atoms with Crippen LogP contribution in [0.4, 0.5) is 0 Å². The van der Waals surface area contributed by atoms with Crippen LogP contribution in [0, 0.1) is 0 Å². The molecule has 25 heavy (non-hydrogen) atoms. The van der Waals surface area contributed by atoms with Crippen molar-refractivity contribution in [2.24, 2.45) is 0 Å². The van der Waals surface area contributed by atoms with Crippen LogP contribution in [0.25, 0.3) is 0 Å². The average Bonchev–Trinajstić information content (AvgIpc) is 2.64. The number of aliphatic hydroxyl groups is 1. The number of ether oxygens (including phenoxy) is 1. The van der Waals surface area contributed by atoms with E-state index in [0.29, 0.717) is 12.4 Å². The summed E-state index contributed by atoms with van der Waals surface area (Å²) in [6, 6.07) is 6.03. The number of rotatable bonds is 6. The van der Waals surface area contributed by atoms with Gasteiger partial charge in [0.05, 0.1) is 12.7 Å². The van der Waals surface area contributed by atoms with Crippen LogP contribution < -0.4 is 10.1 Å². The summed E-state index contributed by atoms with van der Waals surface area (Å²) in [5.74, 6) is 0.764. The van der Waals surface area contributed by atoms with E-state index in [4.69, 9.17) is 4.74 Å². The van der Waals surface area contributed by atoms with E-state index in [0.717, 1.165) is 58.7 Å². The molecular weight excluding hydrogens is 318 g/mol. The Morgan fingerprint density at radius 3 is 2.60 bits per heavy atom. The number of benzene rings is 1. The number of aromatic hydroxyl groups is 1. The van der Waals surface area contributed by atoms with Crippen molar-refractivity contribution < 1.29 is 14.9 Å². The normalized spacial score (nSPS) is 22.0. The molecule has 3 N–H and O–H groups in total. The molecule has 2 fully saturated rings. The molecule has 0 spiro atoms. The molecule has 3 rings (SSSR count). The molecule has 0 radical (unpaired) electrons. The van der Waals surface area contributed by atoms with E-state index in [1.165, 1.54) is 5.56 Å². The minimum absolute atomic E-state index is 0.146. The first-order valence-electron chi connectivity index (χ1n) is 9.48. The topological polar surface area (TPSA) is 68.2 Å². The number of phenolic OH excluding ortho intramolecular Hbond substituents is 1. The van der Waals surface area contributed by atoms with Gasteiger partial charge in [0.15, 0.2) is 11.5 Å². The Bertz CT molecular complexity index is 541. The van der Waals surface area contributed by atoms with Crippen LogP contribution in [0.5, 0.6) is 11.5 Å². The Labute approximate surface area is 150 Å². The molecule has 2 heterocycles. The second-order valence-corrected chi connectivity index (χ2v) is 6.99. The van der Waals surface area contributed by atoms with Crippen molar-refractivity contribution in [1.82, 2.24) is 15.1 Å². The molecule has 2 saturated heterocycles. The van der Waals surface area contributed by atoms with Gasteiger partial charge in [-0.15, -0.1) is 0 Å². The molecule has 0 aromatic heterocycles. The fourth-order valence-electron chi connectivity index (χ4n) is 3.78. The number of aliphatic hydroxyl groups excluding tert-OH is 1. The predicted molar refractivity (Wildman–Crippen MR) is 98.1 cm³/mol. The first kappa shape index (κ1) is 18.5. The maximum absolute atomic E-state index is 10.0. The fraction of sp³-hybridized carbons (Fsp3) is 0.684.